The van der Waals surface area contributed by atoms with Gasteiger partial charge in [-0.3, -0.25) is 4.79 Å². The van der Waals surface area contributed by atoms with Gasteiger partial charge in [0.05, 0.1) is 12.1 Å². The highest BCUT2D eigenvalue weighted by molar-refractivity contribution is 5.82. The summed E-state index contributed by atoms with van der Waals surface area (Å²) in [5.41, 5.74) is 0. The fraction of sp³-hybridized carbons (Fsp3) is 0.941. The molecule has 4 aliphatic rings. The minimum atomic E-state index is 0.0563. The van der Waals surface area contributed by atoms with Gasteiger partial charge in [0.2, 0.25) is 5.91 Å². The van der Waals surface area contributed by atoms with Crippen molar-refractivity contribution in [3.05, 3.63) is 0 Å². The molecule has 4 nitrogen and oxygen atoms in total. The van der Waals surface area contributed by atoms with Crippen LogP contribution in [0.25, 0.3) is 0 Å². The van der Waals surface area contributed by atoms with Crippen molar-refractivity contribution < 1.29 is 9.53 Å². The summed E-state index contributed by atoms with van der Waals surface area (Å²) in [7, 11) is 0. The summed E-state index contributed by atoms with van der Waals surface area (Å²) < 4.78 is 5.80. The molecule has 0 aromatic heterocycles. The van der Waals surface area contributed by atoms with Crippen LogP contribution >= 0.6 is 0 Å². The number of amides is 1. The molecule has 2 aliphatic heterocycles. The first kappa shape index (κ1) is 14.0. The first-order valence-corrected chi connectivity index (χ1v) is 8.99. The summed E-state index contributed by atoms with van der Waals surface area (Å²) in [5, 5.41) is 6.96. The molecule has 2 heterocycles. The zero-order valence-electron chi connectivity index (χ0n) is 12.9. The summed E-state index contributed by atoms with van der Waals surface area (Å²) in [6.07, 6.45) is 11.3. The normalized spacial score (nSPS) is 45.9. The van der Waals surface area contributed by atoms with Crippen molar-refractivity contribution in [2.24, 2.45) is 11.8 Å². The summed E-state index contributed by atoms with van der Waals surface area (Å²) >= 11 is 0. The third kappa shape index (κ3) is 2.72. The van der Waals surface area contributed by atoms with E-state index in [1.54, 1.807) is 0 Å². The van der Waals surface area contributed by atoms with E-state index in [9.17, 15) is 4.79 Å². The maximum atomic E-state index is 12.6. The molecule has 118 valence electrons. The average molecular weight is 292 g/mol. The molecule has 2 aliphatic carbocycles. The van der Waals surface area contributed by atoms with Crippen molar-refractivity contribution in [1.82, 2.24) is 10.6 Å². The van der Waals surface area contributed by atoms with Gasteiger partial charge < -0.3 is 15.4 Å². The van der Waals surface area contributed by atoms with Gasteiger partial charge in [0, 0.05) is 24.6 Å². The van der Waals surface area contributed by atoms with Crippen LogP contribution in [0, 0.1) is 11.8 Å². The molecule has 2 saturated carbocycles. The predicted molar refractivity (Wildman–Crippen MR) is 80.9 cm³/mol. The zero-order valence-corrected chi connectivity index (χ0v) is 12.9. The van der Waals surface area contributed by atoms with E-state index in [0.29, 0.717) is 24.1 Å². The summed E-state index contributed by atoms with van der Waals surface area (Å²) in [4.78, 5) is 12.6. The molecule has 6 unspecified atom stereocenters. The molecule has 4 heteroatoms. The second-order valence-corrected chi connectivity index (χ2v) is 7.51. The Balaban J connectivity index is 1.35. The Bertz CT molecular complexity index is 386. The standard InChI is InChI=1S/C17H28N2O2/c20-17(15-10-11-4-1-2-5-13(11)18-15)19-14-6-3-7-16-12(14)8-9-21-16/h11-16,18H,1-10H2,(H,19,20). The highest BCUT2D eigenvalue weighted by Crippen LogP contribution is 2.36. The van der Waals surface area contributed by atoms with Crippen molar-refractivity contribution in [2.45, 2.75) is 82.0 Å². The van der Waals surface area contributed by atoms with Gasteiger partial charge in [-0.2, -0.15) is 0 Å². The van der Waals surface area contributed by atoms with Crippen LogP contribution in [0.4, 0.5) is 0 Å². The highest BCUT2D eigenvalue weighted by atomic mass is 16.5. The lowest BCUT2D eigenvalue weighted by Gasteiger charge is -2.33. The molecule has 6 atom stereocenters. The predicted octanol–water partition coefficient (Wildman–Crippen LogP) is 1.98. The molecule has 4 fully saturated rings. The lowest BCUT2D eigenvalue weighted by Crippen LogP contribution is -2.51. The van der Waals surface area contributed by atoms with E-state index >= 15 is 0 Å². The molecule has 2 saturated heterocycles. The smallest absolute Gasteiger partial charge is 0.237 e. The number of hydrogen-bond donors (Lipinski definition) is 2. The third-order valence-electron chi connectivity index (χ3n) is 6.29. The van der Waals surface area contributed by atoms with Crippen molar-refractivity contribution >= 4 is 5.91 Å². The lowest BCUT2D eigenvalue weighted by molar-refractivity contribution is -0.124. The van der Waals surface area contributed by atoms with E-state index in [-0.39, 0.29) is 11.9 Å². The monoisotopic (exact) mass is 292 g/mol. The van der Waals surface area contributed by atoms with E-state index in [0.717, 1.165) is 31.8 Å². The van der Waals surface area contributed by atoms with Crippen LogP contribution in [0.3, 0.4) is 0 Å². The molecule has 0 radical (unpaired) electrons. The van der Waals surface area contributed by atoms with Crippen LogP contribution in [0.1, 0.15) is 57.8 Å². The van der Waals surface area contributed by atoms with Crippen LogP contribution < -0.4 is 10.6 Å². The van der Waals surface area contributed by atoms with Crippen LogP contribution in [-0.4, -0.2) is 36.7 Å². The van der Waals surface area contributed by atoms with E-state index in [1.165, 1.54) is 38.5 Å². The first-order chi connectivity index (χ1) is 10.3. The summed E-state index contributed by atoms with van der Waals surface area (Å²) in [5.74, 6) is 1.55. The fourth-order valence-electron chi connectivity index (χ4n) is 5.16. The molecule has 0 aromatic rings. The molecule has 1 amide bonds. The molecule has 0 spiro atoms. The van der Waals surface area contributed by atoms with Crippen LogP contribution in [0.5, 0.6) is 0 Å². The van der Waals surface area contributed by atoms with Crippen LogP contribution in [0.15, 0.2) is 0 Å². The molecule has 2 N–H and O–H groups in total. The first-order valence-electron chi connectivity index (χ1n) is 8.99. The molecule has 0 aromatic carbocycles. The average Bonchev–Trinajstić information content (AvgIpc) is 3.14. The van der Waals surface area contributed by atoms with Gasteiger partial charge in [-0.15, -0.1) is 0 Å². The Morgan fingerprint density at radius 3 is 2.86 bits per heavy atom. The van der Waals surface area contributed by atoms with E-state index < -0.39 is 0 Å². The van der Waals surface area contributed by atoms with Crippen molar-refractivity contribution in [3.63, 3.8) is 0 Å². The van der Waals surface area contributed by atoms with Crippen LogP contribution in [-0.2, 0) is 9.53 Å². The number of carbonyl (C=O) groups is 1. The van der Waals surface area contributed by atoms with Gasteiger partial charge in [-0.1, -0.05) is 12.8 Å². The van der Waals surface area contributed by atoms with Crippen molar-refractivity contribution in [3.8, 4) is 0 Å². The van der Waals surface area contributed by atoms with Crippen LogP contribution in [0.2, 0.25) is 0 Å². The number of rotatable bonds is 2. The molecule has 21 heavy (non-hydrogen) atoms. The molecular formula is C17H28N2O2. The topological polar surface area (TPSA) is 50.4 Å². The zero-order chi connectivity index (χ0) is 14.2. The Kier molecular flexibility index (Phi) is 3.92. The Hall–Kier alpha value is -0.610. The van der Waals surface area contributed by atoms with Gasteiger partial charge >= 0.3 is 0 Å². The maximum absolute atomic E-state index is 12.6. The minimum absolute atomic E-state index is 0.0563. The molecule has 0 bridgehead atoms. The highest BCUT2D eigenvalue weighted by Gasteiger charge is 2.42. The minimum Gasteiger partial charge on any atom is -0.378 e. The number of ether oxygens (including phenoxy) is 1. The SMILES string of the molecule is O=C(NC1CCCC2OCCC12)C1CC2CCCCC2N1. The second kappa shape index (κ2) is 5.88. The number of fused-ring (bicyclic) bond motifs is 2. The maximum Gasteiger partial charge on any atom is 0.237 e. The Morgan fingerprint density at radius 2 is 1.95 bits per heavy atom. The molecular weight excluding hydrogens is 264 g/mol. The number of nitrogens with one attached hydrogen (secondary N) is 2. The third-order valence-corrected chi connectivity index (χ3v) is 6.29. The molecule has 4 rings (SSSR count). The Labute approximate surface area is 127 Å². The number of hydrogen-bond acceptors (Lipinski definition) is 3. The number of carbonyl (C=O) groups excluding carboxylic acids is 1. The van der Waals surface area contributed by atoms with Crippen molar-refractivity contribution in [1.29, 1.82) is 0 Å². The largest absolute Gasteiger partial charge is 0.378 e. The summed E-state index contributed by atoms with van der Waals surface area (Å²) in [6.45, 7) is 0.882. The van der Waals surface area contributed by atoms with Crippen molar-refractivity contribution in [2.75, 3.05) is 6.61 Å². The van der Waals surface area contributed by atoms with Gasteiger partial charge in [0.25, 0.3) is 0 Å². The quantitative estimate of drug-likeness (QED) is 0.818. The van der Waals surface area contributed by atoms with Gasteiger partial charge in [-0.05, 0) is 50.9 Å². The summed E-state index contributed by atoms with van der Waals surface area (Å²) in [6, 6.07) is 1.01. The Morgan fingerprint density at radius 1 is 1.05 bits per heavy atom. The van der Waals surface area contributed by atoms with E-state index in [4.69, 9.17) is 4.74 Å². The second-order valence-electron chi connectivity index (χ2n) is 7.51. The van der Waals surface area contributed by atoms with Gasteiger partial charge in [-0.25, -0.2) is 0 Å². The van der Waals surface area contributed by atoms with Gasteiger partial charge in [0.15, 0.2) is 0 Å². The lowest BCUT2D eigenvalue weighted by atomic mass is 9.81. The fourth-order valence-corrected chi connectivity index (χ4v) is 5.16. The van der Waals surface area contributed by atoms with E-state index in [2.05, 4.69) is 10.6 Å². The van der Waals surface area contributed by atoms with Gasteiger partial charge in [0.1, 0.15) is 0 Å². The van der Waals surface area contributed by atoms with E-state index in [1.807, 2.05) is 0 Å².